The van der Waals surface area contributed by atoms with Crippen LogP contribution in [0.5, 0.6) is 23.0 Å². The molecule has 2 N–H and O–H groups in total. The Kier molecular flexibility index (Phi) is 19.9. The molecule has 4 aromatic carbocycles. The third-order valence-electron chi connectivity index (χ3n) is 10.1. The number of sulfone groups is 1. The van der Waals surface area contributed by atoms with E-state index in [1.165, 1.54) is 54.9 Å². The molecule has 0 bridgehead atoms. The van der Waals surface area contributed by atoms with E-state index in [9.17, 15) is 34.4 Å². The molecule has 0 radical (unpaired) electrons. The number of rotatable bonds is 28. The van der Waals surface area contributed by atoms with Gasteiger partial charge in [0, 0.05) is 33.0 Å². The first-order chi connectivity index (χ1) is 30.3. The van der Waals surface area contributed by atoms with Crippen molar-refractivity contribution in [2.24, 2.45) is 0 Å². The maximum absolute atomic E-state index is 13.3. The van der Waals surface area contributed by atoms with Gasteiger partial charge in [-0.3, -0.25) is 9.11 Å². The molecule has 0 heterocycles. The van der Waals surface area contributed by atoms with E-state index in [0.29, 0.717) is 58.2 Å². The van der Waals surface area contributed by atoms with E-state index in [1.807, 2.05) is 49.4 Å². The van der Waals surface area contributed by atoms with Crippen LogP contribution in [-0.2, 0) is 46.0 Å². The molecule has 0 saturated carbocycles. The van der Waals surface area contributed by atoms with E-state index < -0.39 is 41.2 Å². The summed E-state index contributed by atoms with van der Waals surface area (Å²) < 4.78 is 114. The fourth-order valence-corrected chi connectivity index (χ4v) is 11.0. The van der Waals surface area contributed by atoms with Crippen molar-refractivity contribution in [1.29, 1.82) is 0 Å². The van der Waals surface area contributed by atoms with Gasteiger partial charge in [-0.1, -0.05) is 45.2 Å². The second-order valence-electron chi connectivity index (χ2n) is 15.2. The standard InChI is InChI=1S/C47H58O12S5/c1-7-39(8-2)57-26-11-9-10-12-27-58-46-25-15-38(33-44(46)35(3)61-29-31-63(51,52)53)47(4,5)37-14-24-45(36(32-37)34-60-28-13-30-62(48,49)50)59-41-18-22-43(23-19-41)64(54,55)42-20-16-40(56-6)17-21-42/h7-8,14-25,32-33H,1,3,9-13,26-31,34H2,2,4-6H3,(H,48,49,50)(H,51,52,53)/b39-8-. The van der Waals surface area contributed by atoms with Crippen LogP contribution in [0.25, 0.3) is 4.91 Å². The molecule has 0 unspecified atom stereocenters. The lowest BCUT2D eigenvalue weighted by Gasteiger charge is -2.28. The average Bonchev–Trinajstić information content (AvgIpc) is 3.25. The van der Waals surface area contributed by atoms with Gasteiger partial charge in [-0.05, 0) is 135 Å². The number of ether oxygens (including phenoxy) is 4. The monoisotopic (exact) mass is 974 g/mol. The number of hydrogen-bond donors (Lipinski definition) is 2. The molecule has 0 aliphatic carbocycles. The Morgan fingerprint density at radius 1 is 0.719 bits per heavy atom. The second-order valence-corrected chi connectivity index (χ2v) is 22.6. The largest absolute Gasteiger partial charge is 0.497 e. The highest BCUT2D eigenvalue weighted by Gasteiger charge is 2.27. The van der Waals surface area contributed by atoms with Gasteiger partial charge in [0.2, 0.25) is 9.84 Å². The fourth-order valence-electron chi connectivity index (χ4n) is 6.38. The van der Waals surface area contributed by atoms with Gasteiger partial charge in [0.15, 0.2) is 0 Å². The van der Waals surface area contributed by atoms with Gasteiger partial charge in [-0.2, -0.15) is 28.6 Å². The van der Waals surface area contributed by atoms with Crippen LogP contribution < -0.4 is 14.2 Å². The minimum absolute atomic E-state index is 0.0940. The van der Waals surface area contributed by atoms with E-state index in [0.717, 1.165) is 48.1 Å². The lowest BCUT2D eigenvalue weighted by molar-refractivity contribution is 0.215. The van der Waals surface area contributed by atoms with Crippen LogP contribution in [-0.4, -0.2) is 77.7 Å². The van der Waals surface area contributed by atoms with Crippen LogP contribution >= 0.6 is 23.5 Å². The van der Waals surface area contributed by atoms with Crippen molar-refractivity contribution in [3.63, 3.8) is 0 Å². The quantitative estimate of drug-likeness (QED) is 0.0237. The van der Waals surface area contributed by atoms with E-state index in [1.54, 1.807) is 30.3 Å². The van der Waals surface area contributed by atoms with Gasteiger partial charge in [-0.15, -0.1) is 11.8 Å². The van der Waals surface area contributed by atoms with Gasteiger partial charge in [0.25, 0.3) is 20.2 Å². The molecule has 4 aromatic rings. The van der Waals surface area contributed by atoms with Gasteiger partial charge in [-0.25, -0.2) is 8.42 Å². The SMILES string of the molecule is C=C/C(=C/C)OCCCCCCOc1ccc(C(C)(C)c2ccc(Oc3ccc(S(=O)(=O)c4ccc(OC)cc4)cc3)c(CSCCCS(=O)(=O)O)c2)cc1C(=C)SCCS(=O)(=O)O. The van der Waals surface area contributed by atoms with Crippen LogP contribution in [0, 0.1) is 0 Å². The molecule has 0 aliphatic rings. The predicted octanol–water partition coefficient (Wildman–Crippen LogP) is 10.8. The Morgan fingerprint density at radius 3 is 1.88 bits per heavy atom. The number of thioether (sulfide) groups is 2. The number of benzene rings is 4. The molecule has 0 atom stereocenters. The van der Waals surface area contributed by atoms with Crippen LogP contribution in [0.2, 0.25) is 0 Å². The van der Waals surface area contributed by atoms with Crippen molar-refractivity contribution >= 4 is 58.5 Å². The molecular weight excluding hydrogens is 917 g/mol. The highest BCUT2D eigenvalue weighted by atomic mass is 32.2. The Hall–Kier alpha value is -4.23. The van der Waals surface area contributed by atoms with Gasteiger partial charge in [0.05, 0.1) is 41.6 Å². The highest BCUT2D eigenvalue weighted by Crippen LogP contribution is 2.41. The highest BCUT2D eigenvalue weighted by molar-refractivity contribution is 8.08. The maximum Gasteiger partial charge on any atom is 0.265 e. The Bertz CT molecular complexity index is 2550. The Balaban J connectivity index is 1.59. The number of methoxy groups -OCH3 is 1. The molecule has 0 aromatic heterocycles. The van der Waals surface area contributed by atoms with Gasteiger partial charge in [0.1, 0.15) is 28.8 Å². The zero-order valence-electron chi connectivity index (χ0n) is 36.7. The van der Waals surface area contributed by atoms with E-state index in [-0.39, 0.29) is 27.7 Å². The van der Waals surface area contributed by atoms with Gasteiger partial charge >= 0.3 is 0 Å². The molecule has 348 valence electrons. The fraction of sp³-hybridized carbons (Fsp3) is 0.362. The normalized spacial score (nSPS) is 12.4. The molecule has 0 saturated heterocycles. The lowest BCUT2D eigenvalue weighted by Crippen LogP contribution is -2.19. The van der Waals surface area contributed by atoms with Crippen molar-refractivity contribution in [3.8, 4) is 23.0 Å². The minimum Gasteiger partial charge on any atom is -0.497 e. The molecule has 4 rings (SSSR count). The first-order valence-electron chi connectivity index (χ1n) is 20.6. The number of allylic oxidation sites excluding steroid dienone is 2. The zero-order valence-corrected chi connectivity index (χ0v) is 40.7. The van der Waals surface area contributed by atoms with Crippen LogP contribution in [0.3, 0.4) is 0 Å². The summed E-state index contributed by atoms with van der Waals surface area (Å²) in [5, 5.41) is 0. The molecular formula is C47H58O12S5. The summed E-state index contributed by atoms with van der Waals surface area (Å²) in [5.41, 5.74) is 2.75. The summed E-state index contributed by atoms with van der Waals surface area (Å²) in [4.78, 5) is 0.806. The third kappa shape index (κ3) is 16.3. The van der Waals surface area contributed by atoms with Crippen LogP contribution in [0.4, 0.5) is 0 Å². The molecule has 12 nitrogen and oxygen atoms in total. The van der Waals surface area contributed by atoms with Crippen molar-refractivity contribution in [3.05, 3.63) is 138 Å². The van der Waals surface area contributed by atoms with Crippen LogP contribution in [0.1, 0.15) is 75.1 Å². The van der Waals surface area contributed by atoms with Crippen molar-refractivity contribution in [1.82, 2.24) is 0 Å². The topological polar surface area (TPSA) is 180 Å². The minimum atomic E-state index is -4.17. The first-order valence-corrected chi connectivity index (χ1v) is 27.4. The Morgan fingerprint density at radius 2 is 1.30 bits per heavy atom. The predicted molar refractivity (Wildman–Crippen MR) is 259 cm³/mol. The van der Waals surface area contributed by atoms with Crippen molar-refractivity contribution < 1.29 is 53.3 Å². The zero-order chi connectivity index (χ0) is 47.0. The summed E-state index contributed by atoms with van der Waals surface area (Å²) in [6.07, 6.45) is 7.42. The van der Waals surface area contributed by atoms with Crippen molar-refractivity contribution in [2.45, 2.75) is 73.8 Å². The van der Waals surface area contributed by atoms with E-state index >= 15 is 0 Å². The average molecular weight is 975 g/mol. The first kappa shape index (κ1) is 52.4. The Labute approximate surface area is 388 Å². The summed E-state index contributed by atoms with van der Waals surface area (Å²) in [6.45, 7) is 15.1. The summed E-state index contributed by atoms with van der Waals surface area (Å²) in [7, 11) is -10.6. The summed E-state index contributed by atoms with van der Waals surface area (Å²) in [6, 6.07) is 24.0. The summed E-state index contributed by atoms with van der Waals surface area (Å²) >= 11 is 2.70. The molecule has 0 aliphatic heterocycles. The number of unbranched alkanes of at least 4 members (excludes halogenated alkanes) is 3. The van der Waals surface area contributed by atoms with Crippen LogP contribution in [0.15, 0.2) is 126 Å². The molecule has 0 fully saturated rings. The lowest BCUT2D eigenvalue weighted by atomic mass is 9.77. The molecule has 0 spiro atoms. The molecule has 0 amide bonds. The third-order valence-corrected chi connectivity index (χ3v) is 15.8. The smallest absolute Gasteiger partial charge is 0.265 e. The molecule has 64 heavy (non-hydrogen) atoms. The van der Waals surface area contributed by atoms with Crippen molar-refractivity contribution in [2.75, 3.05) is 43.3 Å². The second kappa shape index (κ2) is 24.3. The molecule has 17 heteroatoms. The number of hydrogen-bond acceptors (Lipinski definition) is 12. The maximum atomic E-state index is 13.3. The van der Waals surface area contributed by atoms with Gasteiger partial charge < -0.3 is 18.9 Å². The summed E-state index contributed by atoms with van der Waals surface area (Å²) in [5.74, 6) is 3.03. The van der Waals surface area contributed by atoms with E-state index in [2.05, 4.69) is 27.0 Å². The van der Waals surface area contributed by atoms with E-state index in [4.69, 9.17) is 18.9 Å².